The number of carbonyl (C=O) groups is 2. The van der Waals surface area contributed by atoms with Gasteiger partial charge in [-0.05, 0) is 36.2 Å². The largest absolute Gasteiger partial charge is 0.545 e. The van der Waals surface area contributed by atoms with E-state index in [4.69, 9.17) is 9.72 Å². The fraction of sp³-hybridized carbons (Fsp3) is 0.111. The van der Waals surface area contributed by atoms with Gasteiger partial charge in [0.2, 0.25) is 11.8 Å². The number of benzene rings is 3. The summed E-state index contributed by atoms with van der Waals surface area (Å²) < 4.78 is 6.12. The van der Waals surface area contributed by atoms with Gasteiger partial charge in [0.1, 0.15) is 10.8 Å². The number of fused-ring (bicyclic) bond motifs is 2. The molecule has 0 radical (unpaired) electrons. The predicted molar refractivity (Wildman–Crippen MR) is 132 cm³/mol. The number of carboxylic acid groups (broad SMARTS) is 1. The average molecular weight is 483 g/mol. The highest BCUT2D eigenvalue weighted by atomic mass is 32.2. The lowest BCUT2D eigenvalue weighted by molar-refractivity contribution is -0.255. The van der Waals surface area contributed by atoms with Crippen LogP contribution in [0.1, 0.15) is 27.0 Å². The third-order valence-corrected chi connectivity index (χ3v) is 6.53. The molecular formula is C27H20N3O4S-. The molecule has 174 valence electrons. The van der Waals surface area contributed by atoms with Crippen molar-refractivity contribution in [2.45, 2.75) is 18.4 Å². The number of nitrogens with one attached hydrogen (secondary N) is 1. The number of carbonyl (C=O) groups excluding carboxylic acids is 2. The van der Waals surface area contributed by atoms with Crippen molar-refractivity contribution in [1.82, 2.24) is 9.97 Å². The maximum atomic E-state index is 12.7. The van der Waals surface area contributed by atoms with E-state index in [2.05, 4.69) is 10.3 Å². The molecule has 2 heterocycles. The highest BCUT2D eigenvalue weighted by Crippen LogP contribution is 2.40. The molecule has 0 unspecified atom stereocenters. The Balaban J connectivity index is 1.42. The second kappa shape index (κ2) is 9.60. The van der Waals surface area contributed by atoms with E-state index in [0.717, 1.165) is 28.0 Å². The number of nitrogens with zero attached hydrogens (tertiary/aromatic N) is 2. The van der Waals surface area contributed by atoms with Gasteiger partial charge in [-0.15, -0.1) is 0 Å². The Bertz CT molecular complexity index is 1440. The molecule has 1 aliphatic heterocycles. The first-order valence-electron chi connectivity index (χ1n) is 10.9. The van der Waals surface area contributed by atoms with E-state index >= 15 is 0 Å². The van der Waals surface area contributed by atoms with Crippen molar-refractivity contribution in [3.8, 4) is 23.0 Å². The SMILES string of the molecule is Cc1ccc(-c2nc3c(c(SCC(=O)Nc4cccc(C(=O)[O-])c4)n2)Cc2ccccc2O3)cc1. The molecule has 1 N–H and O–H groups in total. The number of carboxylic acids is 1. The van der Waals surface area contributed by atoms with Gasteiger partial charge in [0.15, 0.2) is 5.82 Å². The Hall–Kier alpha value is -4.17. The summed E-state index contributed by atoms with van der Waals surface area (Å²) in [5.41, 5.74) is 4.23. The van der Waals surface area contributed by atoms with Gasteiger partial charge < -0.3 is 20.0 Å². The molecule has 0 bridgehead atoms. The van der Waals surface area contributed by atoms with Crippen molar-refractivity contribution in [3.63, 3.8) is 0 Å². The minimum absolute atomic E-state index is 0.00104. The van der Waals surface area contributed by atoms with Gasteiger partial charge in [0.05, 0.1) is 17.3 Å². The molecule has 3 aromatic carbocycles. The molecular weight excluding hydrogens is 462 g/mol. The number of aryl methyl sites for hydroxylation is 1. The second-order valence-electron chi connectivity index (χ2n) is 8.09. The second-order valence-corrected chi connectivity index (χ2v) is 9.06. The minimum Gasteiger partial charge on any atom is -0.545 e. The Morgan fingerprint density at radius 3 is 2.63 bits per heavy atom. The average Bonchev–Trinajstić information content (AvgIpc) is 2.86. The standard InChI is InChI=1S/C27H21N3O4S/c1-16-9-11-17(12-10-16)24-29-25-21(14-18-5-2-3-8-22(18)34-25)26(30-24)35-15-23(31)28-20-7-4-6-19(13-20)27(32)33/h2-13H,14-15H2,1H3,(H,28,31)(H,32,33)/p-1. The Morgan fingerprint density at radius 2 is 1.83 bits per heavy atom. The van der Waals surface area contributed by atoms with Crippen molar-refractivity contribution < 1.29 is 19.4 Å². The number of ether oxygens (including phenoxy) is 1. The smallest absolute Gasteiger partial charge is 0.234 e. The van der Waals surface area contributed by atoms with Crippen LogP contribution in [0.5, 0.6) is 11.6 Å². The fourth-order valence-corrected chi connectivity index (χ4v) is 4.55. The molecule has 1 aromatic heterocycles. The van der Waals surface area contributed by atoms with Gasteiger partial charge in [-0.25, -0.2) is 4.98 Å². The molecule has 0 fully saturated rings. The van der Waals surface area contributed by atoms with E-state index in [-0.39, 0.29) is 17.2 Å². The van der Waals surface area contributed by atoms with E-state index in [1.165, 1.54) is 23.9 Å². The summed E-state index contributed by atoms with van der Waals surface area (Å²) in [6.45, 7) is 2.01. The molecule has 0 atom stereocenters. The first-order chi connectivity index (χ1) is 17.0. The lowest BCUT2D eigenvalue weighted by Gasteiger charge is -2.21. The molecule has 5 rings (SSSR count). The highest BCUT2D eigenvalue weighted by Gasteiger charge is 2.24. The summed E-state index contributed by atoms with van der Waals surface area (Å²) in [5, 5.41) is 14.5. The van der Waals surface area contributed by atoms with Gasteiger partial charge in [0, 0.05) is 17.7 Å². The molecule has 0 saturated heterocycles. The number of para-hydroxylation sites is 1. The van der Waals surface area contributed by atoms with Crippen LogP contribution in [0.4, 0.5) is 5.69 Å². The van der Waals surface area contributed by atoms with E-state index in [9.17, 15) is 14.7 Å². The first-order valence-corrected chi connectivity index (χ1v) is 11.9. The summed E-state index contributed by atoms with van der Waals surface area (Å²) in [4.78, 5) is 33.2. The molecule has 35 heavy (non-hydrogen) atoms. The topological polar surface area (TPSA) is 104 Å². The van der Waals surface area contributed by atoms with Crippen LogP contribution in [0.3, 0.4) is 0 Å². The Labute approximate surface area is 206 Å². The zero-order chi connectivity index (χ0) is 24.4. The normalized spacial score (nSPS) is 11.7. The van der Waals surface area contributed by atoms with E-state index in [0.29, 0.717) is 28.8 Å². The number of hydrogen-bond donors (Lipinski definition) is 1. The predicted octanol–water partition coefficient (Wildman–Crippen LogP) is 4.24. The summed E-state index contributed by atoms with van der Waals surface area (Å²) >= 11 is 1.29. The molecule has 8 heteroatoms. The molecule has 0 spiro atoms. The van der Waals surface area contributed by atoms with Crippen molar-refractivity contribution in [3.05, 3.63) is 95.1 Å². The number of aromatic carboxylic acids is 1. The molecule has 7 nitrogen and oxygen atoms in total. The number of anilines is 1. The lowest BCUT2D eigenvalue weighted by Crippen LogP contribution is -2.22. The lowest BCUT2D eigenvalue weighted by atomic mass is 10.0. The first kappa shape index (κ1) is 22.6. The monoisotopic (exact) mass is 482 g/mol. The van der Waals surface area contributed by atoms with Gasteiger partial charge in [-0.2, -0.15) is 4.98 Å². The van der Waals surface area contributed by atoms with Crippen LogP contribution in [-0.2, 0) is 11.2 Å². The van der Waals surface area contributed by atoms with Gasteiger partial charge in [0.25, 0.3) is 0 Å². The number of rotatable bonds is 6. The van der Waals surface area contributed by atoms with E-state index in [1.54, 1.807) is 12.1 Å². The van der Waals surface area contributed by atoms with E-state index < -0.39 is 5.97 Å². The van der Waals surface area contributed by atoms with Crippen LogP contribution < -0.4 is 15.2 Å². The van der Waals surface area contributed by atoms with Crippen LogP contribution >= 0.6 is 11.8 Å². The molecule has 4 aromatic rings. The summed E-state index contributed by atoms with van der Waals surface area (Å²) in [5.74, 6) is 0.258. The maximum absolute atomic E-state index is 12.7. The van der Waals surface area contributed by atoms with Crippen molar-refractivity contribution in [1.29, 1.82) is 0 Å². The zero-order valence-corrected chi connectivity index (χ0v) is 19.6. The van der Waals surface area contributed by atoms with Crippen LogP contribution in [-0.4, -0.2) is 27.6 Å². The Morgan fingerprint density at radius 1 is 1.03 bits per heavy atom. The van der Waals surface area contributed by atoms with Gasteiger partial charge in [-0.1, -0.05) is 71.9 Å². The quantitative estimate of drug-likeness (QED) is 0.285. The summed E-state index contributed by atoms with van der Waals surface area (Å²) in [6, 6.07) is 21.6. The summed E-state index contributed by atoms with van der Waals surface area (Å²) in [6.07, 6.45) is 0.595. The van der Waals surface area contributed by atoms with Crippen LogP contribution in [0.2, 0.25) is 0 Å². The zero-order valence-electron chi connectivity index (χ0n) is 18.8. The molecule has 1 amide bonds. The minimum atomic E-state index is -1.30. The fourth-order valence-electron chi connectivity index (χ4n) is 3.73. The molecule has 0 saturated carbocycles. The van der Waals surface area contributed by atoms with E-state index in [1.807, 2.05) is 55.5 Å². The highest BCUT2D eigenvalue weighted by molar-refractivity contribution is 8.00. The third kappa shape index (κ3) is 5.02. The van der Waals surface area contributed by atoms with Crippen molar-refractivity contribution in [2.24, 2.45) is 0 Å². The number of hydrogen-bond acceptors (Lipinski definition) is 7. The van der Waals surface area contributed by atoms with Crippen molar-refractivity contribution in [2.75, 3.05) is 11.1 Å². The van der Waals surface area contributed by atoms with Gasteiger partial charge in [-0.3, -0.25) is 4.79 Å². The number of amides is 1. The van der Waals surface area contributed by atoms with Crippen molar-refractivity contribution >= 4 is 29.3 Å². The number of thioether (sulfide) groups is 1. The Kier molecular flexibility index (Phi) is 6.20. The third-order valence-electron chi connectivity index (χ3n) is 5.51. The summed E-state index contributed by atoms with van der Waals surface area (Å²) in [7, 11) is 0. The number of aromatic nitrogens is 2. The van der Waals surface area contributed by atoms with Crippen LogP contribution in [0, 0.1) is 6.92 Å². The van der Waals surface area contributed by atoms with Crippen LogP contribution in [0.25, 0.3) is 11.4 Å². The molecule has 1 aliphatic rings. The van der Waals surface area contributed by atoms with Gasteiger partial charge >= 0.3 is 0 Å². The van der Waals surface area contributed by atoms with Crippen LogP contribution in [0.15, 0.2) is 77.8 Å². The molecule has 0 aliphatic carbocycles. The maximum Gasteiger partial charge on any atom is 0.234 e.